The minimum Gasteiger partial charge on any atom is -0.349 e. The Bertz CT molecular complexity index is 623. The van der Waals surface area contributed by atoms with Crippen molar-refractivity contribution < 1.29 is 17.6 Å². The highest BCUT2D eigenvalue weighted by atomic mass is 35.5. The molecule has 0 saturated carbocycles. The molecule has 24 heavy (non-hydrogen) atoms. The van der Waals surface area contributed by atoms with Crippen molar-refractivity contribution in [3.63, 3.8) is 0 Å². The van der Waals surface area contributed by atoms with Crippen LogP contribution in [0.15, 0.2) is 29.2 Å². The molecule has 1 atom stereocenters. The lowest BCUT2D eigenvalue weighted by atomic mass is 9.92. The predicted octanol–water partition coefficient (Wildman–Crippen LogP) is 2.29. The van der Waals surface area contributed by atoms with Gasteiger partial charge in [0.15, 0.2) is 9.84 Å². The molecule has 0 fully saturated rings. The number of hydrogen-bond donors (Lipinski definition) is 2. The Kier molecular flexibility index (Phi) is 8.88. The molecule has 1 rings (SSSR count). The van der Waals surface area contributed by atoms with Crippen molar-refractivity contribution in [3.05, 3.63) is 30.1 Å². The standard InChI is InChI=1S/C16H25FN2O3S.ClH/c1-4-16(5-2,11-18)19-15(20)12(3)10-23(21,22)14-8-6-13(17)7-9-14;/h6-9,12H,4-5,10-11,18H2,1-3H3,(H,19,20);1H. The van der Waals surface area contributed by atoms with Crippen LogP contribution in [-0.4, -0.2) is 32.2 Å². The van der Waals surface area contributed by atoms with Gasteiger partial charge in [0.25, 0.3) is 0 Å². The van der Waals surface area contributed by atoms with Crippen LogP contribution in [0, 0.1) is 11.7 Å². The molecule has 0 aromatic heterocycles. The summed E-state index contributed by atoms with van der Waals surface area (Å²) in [6.07, 6.45) is 1.34. The van der Waals surface area contributed by atoms with Gasteiger partial charge in [0.2, 0.25) is 5.91 Å². The topological polar surface area (TPSA) is 89.3 Å². The van der Waals surface area contributed by atoms with Gasteiger partial charge in [0.05, 0.1) is 16.2 Å². The number of carbonyl (C=O) groups excluding carboxylic acids is 1. The highest BCUT2D eigenvalue weighted by Gasteiger charge is 2.30. The molecule has 5 nitrogen and oxygen atoms in total. The van der Waals surface area contributed by atoms with E-state index in [9.17, 15) is 17.6 Å². The second-order valence-electron chi connectivity index (χ2n) is 5.82. The fraction of sp³-hybridized carbons (Fsp3) is 0.562. The van der Waals surface area contributed by atoms with E-state index in [1.807, 2.05) is 13.8 Å². The van der Waals surface area contributed by atoms with Crippen molar-refractivity contribution >= 4 is 28.2 Å². The van der Waals surface area contributed by atoms with Gasteiger partial charge in [-0.3, -0.25) is 4.79 Å². The van der Waals surface area contributed by atoms with Crippen LogP contribution in [0.4, 0.5) is 4.39 Å². The van der Waals surface area contributed by atoms with Gasteiger partial charge in [-0.05, 0) is 37.1 Å². The number of hydrogen-bond acceptors (Lipinski definition) is 4. The normalized spacial score (nSPS) is 13.0. The fourth-order valence-electron chi connectivity index (χ4n) is 2.29. The number of rotatable bonds is 8. The zero-order chi connectivity index (χ0) is 17.7. The van der Waals surface area contributed by atoms with Crippen LogP contribution < -0.4 is 11.1 Å². The van der Waals surface area contributed by atoms with Gasteiger partial charge in [-0.25, -0.2) is 12.8 Å². The highest BCUT2D eigenvalue weighted by molar-refractivity contribution is 7.91. The van der Waals surface area contributed by atoms with E-state index in [2.05, 4.69) is 5.32 Å². The van der Waals surface area contributed by atoms with Crippen LogP contribution in [0.2, 0.25) is 0 Å². The molecule has 1 aromatic rings. The van der Waals surface area contributed by atoms with Gasteiger partial charge in [-0.1, -0.05) is 20.8 Å². The minimum absolute atomic E-state index is 0. The zero-order valence-corrected chi connectivity index (χ0v) is 15.8. The van der Waals surface area contributed by atoms with E-state index in [4.69, 9.17) is 5.73 Å². The number of benzene rings is 1. The third-order valence-corrected chi connectivity index (χ3v) is 6.15. The van der Waals surface area contributed by atoms with Gasteiger partial charge >= 0.3 is 0 Å². The van der Waals surface area contributed by atoms with Crippen LogP contribution in [0.3, 0.4) is 0 Å². The Morgan fingerprint density at radius 1 is 1.25 bits per heavy atom. The van der Waals surface area contributed by atoms with Crippen molar-refractivity contribution in [3.8, 4) is 0 Å². The van der Waals surface area contributed by atoms with E-state index in [-0.39, 0.29) is 29.0 Å². The Morgan fingerprint density at radius 3 is 2.17 bits per heavy atom. The summed E-state index contributed by atoms with van der Waals surface area (Å²) in [5, 5.41) is 2.87. The van der Waals surface area contributed by atoms with E-state index >= 15 is 0 Å². The Labute approximate surface area is 149 Å². The van der Waals surface area contributed by atoms with Crippen molar-refractivity contribution in [2.75, 3.05) is 12.3 Å². The van der Waals surface area contributed by atoms with Gasteiger partial charge in [-0.15, -0.1) is 12.4 Å². The Hall–Kier alpha value is -1.18. The number of sulfone groups is 1. The second kappa shape index (κ2) is 9.34. The molecule has 0 radical (unpaired) electrons. The summed E-state index contributed by atoms with van der Waals surface area (Å²) < 4.78 is 37.5. The lowest BCUT2D eigenvalue weighted by Crippen LogP contribution is -2.54. The number of nitrogens with one attached hydrogen (secondary N) is 1. The molecule has 1 unspecified atom stereocenters. The molecule has 0 bridgehead atoms. The molecule has 0 spiro atoms. The molecule has 8 heteroatoms. The molecule has 0 heterocycles. The Morgan fingerprint density at radius 2 is 1.75 bits per heavy atom. The molecule has 1 aromatic carbocycles. The molecular formula is C16H26ClFN2O3S. The first-order chi connectivity index (χ1) is 10.7. The number of amides is 1. The van der Waals surface area contributed by atoms with Gasteiger partial charge in [0.1, 0.15) is 5.82 Å². The molecule has 0 aliphatic rings. The van der Waals surface area contributed by atoms with E-state index in [1.165, 1.54) is 12.1 Å². The Balaban J connectivity index is 0.00000529. The molecule has 0 aliphatic heterocycles. The van der Waals surface area contributed by atoms with E-state index in [0.29, 0.717) is 19.4 Å². The summed E-state index contributed by atoms with van der Waals surface area (Å²) in [7, 11) is -3.66. The van der Waals surface area contributed by atoms with Gasteiger partial charge in [-0.2, -0.15) is 0 Å². The largest absolute Gasteiger partial charge is 0.349 e. The first-order valence-electron chi connectivity index (χ1n) is 7.70. The first-order valence-corrected chi connectivity index (χ1v) is 9.35. The van der Waals surface area contributed by atoms with Crippen LogP contribution >= 0.6 is 12.4 Å². The summed E-state index contributed by atoms with van der Waals surface area (Å²) >= 11 is 0. The average molecular weight is 381 g/mol. The minimum atomic E-state index is -3.66. The van der Waals surface area contributed by atoms with E-state index in [0.717, 1.165) is 12.1 Å². The maximum atomic E-state index is 12.9. The van der Waals surface area contributed by atoms with Crippen LogP contribution in [0.1, 0.15) is 33.6 Å². The van der Waals surface area contributed by atoms with E-state index < -0.39 is 27.1 Å². The molecule has 0 saturated heterocycles. The molecule has 3 N–H and O–H groups in total. The van der Waals surface area contributed by atoms with Crippen LogP contribution in [-0.2, 0) is 14.6 Å². The average Bonchev–Trinajstić information content (AvgIpc) is 2.52. The van der Waals surface area contributed by atoms with Crippen LogP contribution in [0.25, 0.3) is 0 Å². The number of carbonyl (C=O) groups is 1. The van der Waals surface area contributed by atoms with Gasteiger partial charge < -0.3 is 11.1 Å². The van der Waals surface area contributed by atoms with Crippen molar-refractivity contribution in [1.82, 2.24) is 5.32 Å². The lowest BCUT2D eigenvalue weighted by molar-refractivity contribution is -0.125. The van der Waals surface area contributed by atoms with Crippen LogP contribution in [0.5, 0.6) is 0 Å². The quantitative estimate of drug-likeness (QED) is 0.677. The fourth-order valence-corrected chi connectivity index (χ4v) is 3.85. The third kappa shape index (κ3) is 5.72. The number of nitrogens with two attached hydrogens (primary N) is 1. The summed E-state index contributed by atoms with van der Waals surface area (Å²) in [6, 6.07) is 4.59. The van der Waals surface area contributed by atoms with E-state index in [1.54, 1.807) is 6.92 Å². The van der Waals surface area contributed by atoms with Crippen molar-refractivity contribution in [1.29, 1.82) is 0 Å². The van der Waals surface area contributed by atoms with Gasteiger partial charge in [0, 0.05) is 12.5 Å². The summed E-state index contributed by atoms with van der Waals surface area (Å²) in [6.45, 7) is 5.71. The molecule has 138 valence electrons. The van der Waals surface area contributed by atoms with Crippen molar-refractivity contribution in [2.45, 2.75) is 44.0 Å². The smallest absolute Gasteiger partial charge is 0.224 e. The summed E-state index contributed by atoms with van der Waals surface area (Å²) in [4.78, 5) is 12.3. The monoisotopic (exact) mass is 380 g/mol. The summed E-state index contributed by atoms with van der Waals surface area (Å²) in [5.74, 6) is -1.91. The molecule has 1 amide bonds. The first kappa shape index (κ1) is 22.8. The third-order valence-electron chi connectivity index (χ3n) is 4.22. The lowest BCUT2D eigenvalue weighted by Gasteiger charge is -2.32. The zero-order valence-electron chi connectivity index (χ0n) is 14.2. The molecule has 0 aliphatic carbocycles. The predicted molar refractivity (Wildman–Crippen MR) is 95.4 cm³/mol. The van der Waals surface area contributed by atoms with Crippen molar-refractivity contribution in [2.24, 2.45) is 11.7 Å². The molecular weight excluding hydrogens is 355 g/mol. The summed E-state index contributed by atoms with van der Waals surface area (Å²) in [5.41, 5.74) is 5.23. The second-order valence-corrected chi connectivity index (χ2v) is 7.85. The SMILES string of the molecule is CCC(CC)(CN)NC(=O)C(C)CS(=O)(=O)c1ccc(F)cc1.Cl. The number of halogens is 2. The highest BCUT2D eigenvalue weighted by Crippen LogP contribution is 2.18. The maximum absolute atomic E-state index is 12.9. The maximum Gasteiger partial charge on any atom is 0.224 e.